The van der Waals surface area contributed by atoms with E-state index in [2.05, 4.69) is 10.1 Å². The van der Waals surface area contributed by atoms with Crippen LogP contribution in [0.1, 0.15) is 5.56 Å². The van der Waals surface area contributed by atoms with E-state index in [4.69, 9.17) is 24.4 Å². The lowest BCUT2D eigenvalue weighted by atomic mass is 10.1. The number of aliphatic imine (C=N–C) groups is 1. The summed E-state index contributed by atoms with van der Waals surface area (Å²) in [7, 11) is 1.62. The van der Waals surface area contributed by atoms with Gasteiger partial charge in [0, 0.05) is 0 Å². The second-order valence-electron chi connectivity index (χ2n) is 8.06. The number of nitrogens with zero attached hydrogens (tertiary/aromatic N) is 3. The molecule has 1 N–H and O–H groups in total. The molecule has 5 rings (SSSR count). The summed E-state index contributed by atoms with van der Waals surface area (Å²) in [6.45, 7) is 0.974. The van der Waals surface area contributed by atoms with Crippen LogP contribution >= 0.6 is 11.8 Å². The second-order valence-corrected chi connectivity index (χ2v) is 9.10. The first-order chi connectivity index (χ1) is 18.6. The molecule has 0 fully saturated rings. The van der Waals surface area contributed by atoms with Gasteiger partial charge in [0.2, 0.25) is 5.17 Å². The van der Waals surface area contributed by atoms with Crippen molar-refractivity contribution >= 4 is 39.8 Å². The Balaban J connectivity index is 1.16. The molecular weight excluding hydrogens is 504 g/mol. The molecule has 2 aliphatic rings. The number of thioether (sulfide) groups is 1. The van der Waals surface area contributed by atoms with Crippen LogP contribution in [0.15, 0.2) is 94.5 Å². The number of hydrogen-bond acceptors (Lipinski definition) is 8. The first-order valence-corrected chi connectivity index (χ1v) is 12.6. The standard InChI is InChI=1S/C28H24N4O5S/c1-34-20-11-13-23(14-12-20)36-16-15-35-22-9-7-19(8-10-22)17-24-26(29)32-28(30-27(24)33)38-25(31-32)18-37-21-5-3-2-4-6-21/h2-14,17,29H,15-16,18H2,1H3/b24-17-,29-26?. The number of hydrogen-bond donors (Lipinski definition) is 1. The quantitative estimate of drug-likeness (QED) is 0.296. The molecule has 3 aromatic rings. The number of amidine groups is 2. The highest BCUT2D eigenvalue weighted by molar-refractivity contribution is 8.27. The van der Waals surface area contributed by atoms with Crippen LogP contribution in [0.5, 0.6) is 23.0 Å². The average molecular weight is 529 g/mol. The summed E-state index contributed by atoms with van der Waals surface area (Å²) in [4.78, 5) is 16.8. The molecule has 0 bridgehead atoms. The zero-order chi connectivity index (χ0) is 26.3. The molecule has 0 saturated heterocycles. The van der Waals surface area contributed by atoms with Gasteiger partial charge in [-0.3, -0.25) is 10.2 Å². The third kappa shape index (κ3) is 6.04. The van der Waals surface area contributed by atoms with Crippen LogP contribution in [0, 0.1) is 5.41 Å². The zero-order valence-corrected chi connectivity index (χ0v) is 21.3. The van der Waals surface area contributed by atoms with Crippen molar-refractivity contribution in [1.82, 2.24) is 5.01 Å². The van der Waals surface area contributed by atoms with Crippen molar-refractivity contribution in [3.63, 3.8) is 0 Å². The SMILES string of the molecule is COc1ccc(OCCOc2ccc(/C=C3/C(=N)N4N=C(COc5ccccc5)SC4=NC3=O)cc2)cc1. The topological polar surface area (TPSA) is 106 Å². The number of para-hydroxylation sites is 1. The fraction of sp³-hybridized carbons (Fsp3) is 0.143. The number of benzene rings is 3. The van der Waals surface area contributed by atoms with Crippen LogP contribution < -0.4 is 18.9 Å². The van der Waals surface area contributed by atoms with Crippen LogP contribution in [0.25, 0.3) is 6.08 Å². The molecule has 0 radical (unpaired) electrons. The van der Waals surface area contributed by atoms with E-state index in [1.54, 1.807) is 25.3 Å². The van der Waals surface area contributed by atoms with Crippen molar-refractivity contribution in [2.45, 2.75) is 0 Å². The summed E-state index contributed by atoms with van der Waals surface area (Å²) in [6, 6.07) is 23.9. The van der Waals surface area contributed by atoms with Crippen molar-refractivity contribution in [3.8, 4) is 23.0 Å². The monoisotopic (exact) mass is 528 g/mol. The molecule has 0 aromatic heterocycles. The Morgan fingerprint density at radius 1 is 0.842 bits per heavy atom. The zero-order valence-electron chi connectivity index (χ0n) is 20.5. The lowest BCUT2D eigenvalue weighted by Gasteiger charge is -2.20. The van der Waals surface area contributed by atoms with Gasteiger partial charge in [-0.15, -0.1) is 0 Å². The lowest BCUT2D eigenvalue weighted by molar-refractivity contribution is -0.114. The Hall–Kier alpha value is -4.57. The Bertz CT molecular complexity index is 1400. The second kappa shape index (κ2) is 11.7. The maximum atomic E-state index is 12.7. The minimum atomic E-state index is -0.481. The van der Waals surface area contributed by atoms with Crippen molar-refractivity contribution in [2.24, 2.45) is 10.1 Å². The average Bonchev–Trinajstić information content (AvgIpc) is 3.37. The maximum Gasteiger partial charge on any atom is 0.283 e. The molecule has 0 unspecified atom stereocenters. The first-order valence-electron chi connectivity index (χ1n) is 11.8. The van der Waals surface area contributed by atoms with Crippen LogP contribution in [0.4, 0.5) is 0 Å². The molecule has 38 heavy (non-hydrogen) atoms. The van der Waals surface area contributed by atoms with Gasteiger partial charge in [-0.1, -0.05) is 30.3 Å². The molecule has 0 saturated carbocycles. The molecule has 0 atom stereocenters. The van der Waals surface area contributed by atoms with E-state index in [-0.39, 0.29) is 18.0 Å². The molecule has 2 aliphatic heterocycles. The Labute approximate surface area is 223 Å². The van der Waals surface area contributed by atoms with Crippen LogP contribution in [0.3, 0.4) is 0 Å². The van der Waals surface area contributed by atoms with Crippen LogP contribution in [-0.4, -0.2) is 53.9 Å². The highest BCUT2D eigenvalue weighted by Gasteiger charge is 2.35. The molecule has 2 heterocycles. The minimum Gasteiger partial charge on any atom is -0.497 e. The van der Waals surface area contributed by atoms with E-state index >= 15 is 0 Å². The molecule has 1 amide bonds. The number of fused-ring (bicyclic) bond motifs is 1. The van der Waals surface area contributed by atoms with E-state index in [0.717, 1.165) is 17.1 Å². The highest BCUT2D eigenvalue weighted by Crippen LogP contribution is 2.29. The van der Waals surface area contributed by atoms with Gasteiger partial charge in [-0.25, -0.2) is 0 Å². The van der Waals surface area contributed by atoms with Gasteiger partial charge < -0.3 is 18.9 Å². The summed E-state index contributed by atoms with van der Waals surface area (Å²) in [5, 5.41) is 15.3. The van der Waals surface area contributed by atoms with E-state index in [9.17, 15) is 4.79 Å². The number of carbonyl (C=O) groups excluding carboxylic acids is 1. The summed E-state index contributed by atoms with van der Waals surface area (Å²) in [6.07, 6.45) is 1.63. The van der Waals surface area contributed by atoms with E-state index < -0.39 is 5.91 Å². The lowest BCUT2D eigenvalue weighted by Crippen LogP contribution is -2.35. The van der Waals surface area contributed by atoms with Gasteiger partial charge in [-0.05, 0) is 71.9 Å². The molecule has 0 spiro atoms. The highest BCUT2D eigenvalue weighted by atomic mass is 32.2. The van der Waals surface area contributed by atoms with Gasteiger partial charge in [0.1, 0.15) is 47.9 Å². The predicted octanol–water partition coefficient (Wildman–Crippen LogP) is 4.85. The van der Waals surface area contributed by atoms with Gasteiger partial charge in [0.05, 0.1) is 12.7 Å². The number of amides is 1. The molecular formula is C28H24N4O5S. The Kier molecular flexibility index (Phi) is 7.70. The smallest absolute Gasteiger partial charge is 0.283 e. The minimum absolute atomic E-state index is 0.0294. The third-order valence-corrected chi connectivity index (χ3v) is 6.36. The number of carbonyl (C=O) groups is 1. The summed E-state index contributed by atoms with van der Waals surface area (Å²) < 4.78 is 22.3. The van der Waals surface area contributed by atoms with Gasteiger partial charge in [0.15, 0.2) is 5.84 Å². The Morgan fingerprint density at radius 2 is 1.45 bits per heavy atom. The first kappa shape index (κ1) is 25.1. The van der Waals surface area contributed by atoms with E-state index in [1.165, 1.54) is 16.8 Å². The molecule has 0 aliphatic carbocycles. The van der Waals surface area contributed by atoms with Gasteiger partial charge in [0.25, 0.3) is 5.91 Å². The molecule has 3 aromatic carbocycles. The third-order valence-electron chi connectivity index (χ3n) is 5.47. The number of methoxy groups -OCH3 is 1. The van der Waals surface area contributed by atoms with Crippen LogP contribution in [0.2, 0.25) is 0 Å². The van der Waals surface area contributed by atoms with Gasteiger partial charge in [-0.2, -0.15) is 15.1 Å². The predicted molar refractivity (Wildman–Crippen MR) is 147 cm³/mol. The number of hydrazone groups is 1. The number of nitrogens with one attached hydrogen (secondary N) is 1. The van der Waals surface area contributed by atoms with Crippen LogP contribution in [-0.2, 0) is 4.79 Å². The largest absolute Gasteiger partial charge is 0.497 e. The van der Waals surface area contributed by atoms with Crippen molar-refractivity contribution in [3.05, 3.63) is 90.0 Å². The molecule has 10 heteroatoms. The molecule has 9 nitrogen and oxygen atoms in total. The fourth-order valence-corrected chi connectivity index (χ4v) is 4.37. The maximum absolute atomic E-state index is 12.7. The number of rotatable bonds is 10. The number of ether oxygens (including phenoxy) is 4. The Morgan fingerprint density at radius 3 is 2.11 bits per heavy atom. The van der Waals surface area contributed by atoms with Gasteiger partial charge >= 0.3 is 0 Å². The normalized spacial score (nSPS) is 15.6. The van der Waals surface area contributed by atoms with Crippen molar-refractivity contribution < 1.29 is 23.7 Å². The summed E-state index contributed by atoms with van der Waals surface area (Å²) in [5.74, 6) is 2.37. The molecule has 192 valence electrons. The van der Waals surface area contributed by atoms with E-state index in [0.29, 0.717) is 34.9 Å². The van der Waals surface area contributed by atoms with Crippen molar-refractivity contribution in [2.75, 3.05) is 26.9 Å². The van der Waals surface area contributed by atoms with E-state index in [1.807, 2.05) is 66.7 Å². The van der Waals surface area contributed by atoms with Crippen molar-refractivity contribution in [1.29, 1.82) is 5.41 Å². The summed E-state index contributed by atoms with van der Waals surface area (Å²) in [5.41, 5.74) is 0.895. The fourth-order valence-electron chi connectivity index (χ4n) is 3.57. The summed E-state index contributed by atoms with van der Waals surface area (Å²) >= 11 is 1.22.